The highest BCUT2D eigenvalue weighted by molar-refractivity contribution is 8.00. The van der Waals surface area contributed by atoms with E-state index in [0.717, 1.165) is 12.8 Å². The lowest BCUT2D eigenvalue weighted by Crippen LogP contribution is -2.04. The highest BCUT2D eigenvalue weighted by Crippen LogP contribution is 2.39. The summed E-state index contributed by atoms with van der Waals surface area (Å²) in [6.07, 6.45) is 6.00. The molecule has 0 saturated heterocycles. The minimum Gasteiger partial charge on any atom is -0.367 e. The molecule has 2 rings (SSSR count). The van der Waals surface area contributed by atoms with Crippen LogP contribution in [0.1, 0.15) is 25.7 Å². The Morgan fingerprint density at radius 1 is 1.47 bits per heavy atom. The Morgan fingerprint density at radius 2 is 2.18 bits per heavy atom. The van der Waals surface area contributed by atoms with Gasteiger partial charge in [0.2, 0.25) is 5.82 Å². The zero-order valence-corrected chi connectivity index (χ0v) is 10.4. The normalized spacial score (nSPS) is 16.1. The van der Waals surface area contributed by atoms with E-state index in [0.29, 0.717) is 10.3 Å². The van der Waals surface area contributed by atoms with Crippen LogP contribution in [0.4, 0.5) is 11.5 Å². The standard InChI is InChI=1S/C10H14N4O2S/c1-11-9-8(14(15)16)10(13-6-12-9)17-7-4-2-3-5-7/h6-7H,2-5H2,1H3,(H,11,12,13). The van der Waals surface area contributed by atoms with E-state index in [1.165, 1.54) is 30.9 Å². The zero-order chi connectivity index (χ0) is 12.3. The van der Waals surface area contributed by atoms with Crippen LogP contribution in [0, 0.1) is 10.1 Å². The molecule has 1 fully saturated rings. The van der Waals surface area contributed by atoms with Gasteiger partial charge in [0, 0.05) is 12.3 Å². The summed E-state index contributed by atoms with van der Waals surface area (Å²) >= 11 is 1.50. The molecule has 1 N–H and O–H groups in total. The van der Waals surface area contributed by atoms with Crippen LogP contribution in [0.25, 0.3) is 0 Å². The third kappa shape index (κ3) is 2.66. The zero-order valence-electron chi connectivity index (χ0n) is 9.55. The lowest BCUT2D eigenvalue weighted by atomic mass is 10.4. The SMILES string of the molecule is CNc1ncnc(SC2CCCC2)c1[N+](=O)[O-]. The van der Waals surface area contributed by atoms with Crippen LogP contribution in [0.5, 0.6) is 0 Å². The predicted octanol–water partition coefficient (Wildman–Crippen LogP) is 2.46. The van der Waals surface area contributed by atoms with Gasteiger partial charge in [-0.05, 0) is 12.8 Å². The highest BCUT2D eigenvalue weighted by atomic mass is 32.2. The molecule has 6 nitrogen and oxygen atoms in total. The van der Waals surface area contributed by atoms with Gasteiger partial charge < -0.3 is 5.32 Å². The number of aromatic nitrogens is 2. The maximum absolute atomic E-state index is 11.0. The minimum absolute atomic E-state index is 0.00750. The Balaban J connectivity index is 2.28. The lowest BCUT2D eigenvalue weighted by molar-refractivity contribution is -0.387. The molecule has 1 aliphatic carbocycles. The van der Waals surface area contributed by atoms with Gasteiger partial charge in [-0.15, -0.1) is 0 Å². The van der Waals surface area contributed by atoms with Gasteiger partial charge in [-0.3, -0.25) is 10.1 Å². The fourth-order valence-corrected chi connectivity index (χ4v) is 3.24. The van der Waals surface area contributed by atoms with Gasteiger partial charge in [-0.25, -0.2) is 9.97 Å². The van der Waals surface area contributed by atoms with Crippen molar-refractivity contribution in [1.82, 2.24) is 9.97 Å². The Labute approximate surface area is 103 Å². The molecule has 92 valence electrons. The van der Waals surface area contributed by atoms with Crippen molar-refractivity contribution < 1.29 is 4.92 Å². The number of nitrogens with zero attached hydrogens (tertiary/aromatic N) is 3. The van der Waals surface area contributed by atoms with Crippen LogP contribution in [0.3, 0.4) is 0 Å². The quantitative estimate of drug-likeness (QED) is 0.505. The summed E-state index contributed by atoms with van der Waals surface area (Å²) in [7, 11) is 1.62. The average molecular weight is 254 g/mol. The third-order valence-electron chi connectivity index (χ3n) is 2.79. The van der Waals surface area contributed by atoms with Gasteiger partial charge in [-0.2, -0.15) is 0 Å². The molecule has 1 aromatic rings. The molecule has 0 aliphatic heterocycles. The largest absolute Gasteiger partial charge is 0.367 e. The van der Waals surface area contributed by atoms with Crippen LogP contribution < -0.4 is 5.32 Å². The summed E-state index contributed by atoms with van der Waals surface area (Å²) in [5.74, 6) is 0.283. The number of nitrogens with one attached hydrogen (secondary N) is 1. The molecule has 0 aromatic carbocycles. The molecule has 0 bridgehead atoms. The first-order valence-corrected chi connectivity index (χ1v) is 6.44. The maximum atomic E-state index is 11.0. The molecule has 0 atom stereocenters. The van der Waals surface area contributed by atoms with Crippen molar-refractivity contribution in [3.8, 4) is 0 Å². The summed E-state index contributed by atoms with van der Waals surface area (Å²) < 4.78 is 0. The second-order valence-electron chi connectivity index (χ2n) is 3.91. The minimum atomic E-state index is -0.414. The lowest BCUT2D eigenvalue weighted by Gasteiger charge is -2.09. The summed E-state index contributed by atoms with van der Waals surface area (Å²) in [5.41, 5.74) is -0.00750. The van der Waals surface area contributed by atoms with Crippen molar-refractivity contribution >= 4 is 23.3 Å². The summed E-state index contributed by atoms with van der Waals surface area (Å²) in [6.45, 7) is 0. The smallest absolute Gasteiger partial charge is 0.343 e. The van der Waals surface area contributed by atoms with Crippen molar-refractivity contribution in [2.45, 2.75) is 36.0 Å². The summed E-state index contributed by atoms with van der Waals surface area (Å²) in [6, 6.07) is 0. The van der Waals surface area contributed by atoms with E-state index < -0.39 is 4.92 Å². The van der Waals surface area contributed by atoms with Gasteiger partial charge >= 0.3 is 5.69 Å². The van der Waals surface area contributed by atoms with Crippen molar-refractivity contribution in [2.24, 2.45) is 0 Å². The van der Waals surface area contributed by atoms with Gasteiger partial charge in [0.05, 0.1) is 4.92 Å². The fraction of sp³-hybridized carbons (Fsp3) is 0.600. The number of rotatable bonds is 4. The van der Waals surface area contributed by atoms with Gasteiger partial charge in [0.25, 0.3) is 0 Å². The second kappa shape index (κ2) is 5.31. The molecule has 0 amide bonds. The molecular weight excluding hydrogens is 240 g/mol. The van der Waals surface area contributed by atoms with Crippen molar-refractivity contribution in [2.75, 3.05) is 12.4 Å². The first-order valence-electron chi connectivity index (χ1n) is 5.56. The molecule has 1 saturated carbocycles. The summed E-state index contributed by atoms with van der Waals surface area (Å²) in [5, 5.41) is 14.7. The Hall–Kier alpha value is -1.37. The Kier molecular flexibility index (Phi) is 3.78. The number of hydrogen-bond acceptors (Lipinski definition) is 6. The first kappa shape index (κ1) is 12.1. The number of anilines is 1. The average Bonchev–Trinajstić information content (AvgIpc) is 2.81. The van der Waals surface area contributed by atoms with E-state index >= 15 is 0 Å². The molecule has 17 heavy (non-hydrogen) atoms. The maximum Gasteiger partial charge on any atom is 0.343 e. The van der Waals surface area contributed by atoms with E-state index in [1.807, 2.05) is 0 Å². The second-order valence-corrected chi connectivity index (χ2v) is 5.20. The predicted molar refractivity (Wildman–Crippen MR) is 66.3 cm³/mol. The number of nitro groups is 1. The molecule has 1 heterocycles. The Morgan fingerprint density at radius 3 is 2.76 bits per heavy atom. The van der Waals surface area contributed by atoms with E-state index in [4.69, 9.17) is 0 Å². The molecule has 0 spiro atoms. The first-order chi connectivity index (χ1) is 8.22. The Bertz CT molecular complexity index is 421. The highest BCUT2D eigenvalue weighted by Gasteiger charge is 2.26. The molecule has 1 aliphatic rings. The van der Waals surface area contributed by atoms with Crippen LogP contribution in [0.15, 0.2) is 11.4 Å². The topological polar surface area (TPSA) is 81.0 Å². The summed E-state index contributed by atoms with van der Waals surface area (Å²) in [4.78, 5) is 18.6. The monoisotopic (exact) mass is 254 g/mol. The van der Waals surface area contributed by atoms with Crippen LogP contribution in [-0.4, -0.2) is 27.2 Å². The van der Waals surface area contributed by atoms with Gasteiger partial charge in [-0.1, -0.05) is 24.6 Å². The molecule has 0 radical (unpaired) electrons. The molecule has 1 aromatic heterocycles. The van der Waals surface area contributed by atoms with Crippen LogP contribution in [-0.2, 0) is 0 Å². The third-order valence-corrected chi connectivity index (χ3v) is 4.12. The van der Waals surface area contributed by atoms with Crippen molar-refractivity contribution in [1.29, 1.82) is 0 Å². The van der Waals surface area contributed by atoms with Gasteiger partial charge in [0.1, 0.15) is 6.33 Å². The number of hydrogen-bond donors (Lipinski definition) is 1. The van der Waals surface area contributed by atoms with Crippen molar-refractivity contribution in [3.63, 3.8) is 0 Å². The van der Waals surface area contributed by atoms with Crippen LogP contribution >= 0.6 is 11.8 Å². The molecule has 7 heteroatoms. The molecular formula is C10H14N4O2S. The van der Waals surface area contributed by atoms with E-state index in [-0.39, 0.29) is 11.5 Å². The van der Waals surface area contributed by atoms with Gasteiger partial charge in [0.15, 0.2) is 5.03 Å². The van der Waals surface area contributed by atoms with E-state index in [2.05, 4.69) is 15.3 Å². The number of thioether (sulfide) groups is 1. The molecule has 0 unspecified atom stereocenters. The van der Waals surface area contributed by atoms with Crippen LogP contribution in [0.2, 0.25) is 0 Å². The van der Waals surface area contributed by atoms with Crippen molar-refractivity contribution in [3.05, 3.63) is 16.4 Å². The van der Waals surface area contributed by atoms with E-state index in [1.54, 1.807) is 7.05 Å². The van der Waals surface area contributed by atoms with E-state index in [9.17, 15) is 10.1 Å². The fourth-order valence-electron chi connectivity index (χ4n) is 1.96.